The number of rotatable bonds is 5. The number of likely N-dealkylation sites (tertiary alicyclic amines) is 1. The molecule has 2 unspecified atom stereocenters. The second-order valence-electron chi connectivity index (χ2n) is 6.31. The highest BCUT2D eigenvalue weighted by atomic mass is 16.5. The van der Waals surface area contributed by atoms with E-state index in [4.69, 9.17) is 4.74 Å². The van der Waals surface area contributed by atoms with Crippen molar-refractivity contribution in [2.45, 2.75) is 39.0 Å². The molecular weight excluding hydrogens is 224 g/mol. The summed E-state index contributed by atoms with van der Waals surface area (Å²) >= 11 is 0. The van der Waals surface area contributed by atoms with Crippen molar-refractivity contribution >= 4 is 0 Å². The molecule has 18 heavy (non-hydrogen) atoms. The van der Waals surface area contributed by atoms with Crippen LogP contribution in [0.15, 0.2) is 0 Å². The Hall–Kier alpha value is -0.120. The number of nitrogens with one attached hydrogen (secondary N) is 1. The Morgan fingerprint density at radius 1 is 1.33 bits per heavy atom. The van der Waals surface area contributed by atoms with Crippen molar-refractivity contribution in [3.8, 4) is 0 Å². The van der Waals surface area contributed by atoms with Crippen LogP contribution in [0.4, 0.5) is 0 Å². The summed E-state index contributed by atoms with van der Waals surface area (Å²) in [6, 6.07) is 0. The first kappa shape index (κ1) is 14.3. The van der Waals surface area contributed by atoms with Crippen LogP contribution in [0.1, 0.15) is 39.0 Å². The van der Waals surface area contributed by atoms with Gasteiger partial charge >= 0.3 is 0 Å². The Morgan fingerprint density at radius 2 is 2.22 bits per heavy atom. The number of ether oxygens (including phenoxy) is 1. The Labute approximate surface area is 112 Å². The maximum Gasteiger partial charge on any atom is 0.0547 e. The van der Waals surface area contributed by atoms with Gasteiger partial charge in [0.1, 0.15) is 0 Å². The summed E-state index contributed by atoms with van der Waals surface area (Å²) in [4.78, 5) is 2.70. The van der Waals surface area contributed by atoms with E-state index in [9.17, 15) is 0 Å². The smallest absolute Gasteiger partial charge is 0.0547 e. The molecule has 2 aliphatic rings. The Bertz CT molecular complexity index is 239. The zero-order valence-electron chi connectivity index (χ0n) is 12.2. The first-order valence-electron chi connectivity index (χ1n) is 7.73. The van der Waals surface area contributed by atoms with Gasteiger partial charge in [0.05, 0.1) is 6.61 Å². The molecule has 0 bridgehead atoms. The van der Waals surface area contributed by atoms with Gasteiger partial charge in [-0.2, -0.15) is 0 Å². The van der Waals surface area contributed by atoms with Crippen molar-refractivity contribution in [2.75, 3.05) is 46.4 Å². The number of nitrogens with zero attached hydrogens (tertiary/aromatic N) is 1. The van der Waals surface area contributed by atoms with Crippen LogP contribution in [-0.4, -0.2) is 51.3 Å². The summed E-state index contributed by atoms with van der Waals surface area (Å²) in [6.45, 7) is 9.15. The van der Waals surface area contributed by atoms with E-state index in [0.29, 0.717) is 5.41 Å². The van der Waals surface area contributed by atoms with E-state index in [1.807, 2.05) is 0 Å². The average molecular weight is 254 g/mol. The van der Waals surface area contributed by atoms with Crippen LogP contribution in [0, 0.1) is 11.3 Å². The normalized spacial score (nSPS) is 34.7. The lowest BCUT2D eigenvalue weighted by atomic mass is 9.86. The van der Waals surface area contributed by atoms with Crippen LogP contribution in [-0.2, 0) is 4.74 Å². The predicted octanol–water partition coefficient (Wildman–Crippen LogP) is 2.12. The standard InChI is InChI=1S/C15H30N2O/c1-3-14-5-4-8-17(9-6-14)12-15(11-16-2)7-10-18-13-15/h14,16H,3-13H2,1-2H3. The molecule has 0 radical (unpaired) electrons. The third kappa shape index (κ3) is 3.69. The molecule has 0 aromatic rings. The highest BCUT2D eigenvalue weighted by Crippen LogP contribution is 2.30. The van der Waals surface area contributed by atoms with Crippen LogP contribution in [0.2, 0.25) is 0 Å². The summed E-state index contributed by atoms with van der Waals surface area (Å²) in [6.07, 6.45) is 6.80. The van der Waals surface area contributed by atoms with Gasteiger partial charge in [-0.25, -0.2) is 0 Å². The largest absolute Gasteiger partial charge is 0.381 e. The summed E-state index contributed by atoms with van der Waals surface area (Å²) in [7, 11) is 2.07. The molecule has 0 saturated carbocycles. The molecule has 0 aromatic heterocycles. The molecule has 1 N–H and O–H groups in total. The van der Waals surface area contributed by atoms with Crippen molar-refractivity contribution in [1.29, 1.82) is 0 Å². The predicted molar refractivity (Wildman–Crippen MR) is 75.9 cm³/mol. The minimum absolute atomic E-state index is 0.376. The maximum atomic E-state index is 5.66. The minimum atomic E-state index is 0.376. The van der Waals surface area contributed by atoms with Gasteiger partial charge < -0.3 is 15.0 Å². The van der Waals surface area contributed by atoms with Crippen LogP contribution in [0.3, 0.4) is 0 Å². The summed E-state index contributed by atoms with van der Waals surface area (Å²) in [5, 5.41) is 3.37. The van der Waals surface area contributed by atoms with Gasteiger partial charge in [-0.1, -0.05) is 13.3 Å². The molecule has 2 atom stereocenters. The molecule has 2 saturated heterocycles. The highest BCUT2D eigenvalue weighted by molar-refractivity contribution is 4.88. The molecule has 2 fully saturated rings. The second kappa shape index (κ2) is 6.88. The van der Waals surface area contributed by atoms with Crippen molar-refractivity contribution in [3.05, 3.63) is 0 Å². The van der Waals surface area contributed by atoms with Crippen molar-refractivity contribution in [2.24, 2.45) is 11.3 Å². The molecule has 0 spiro atoms. The monoisotopic (exact) mass is 254 g/mol. The highest BCUT2D eigenvalue weighted by Gasteiger charge is 2.36. The van der Waals surface area contributed by atoms with Crippen molar-refractivity contribution < 1.29 is 4.74 Å². The lowest BCUT2D eigenvalue weighted by Gasteiger charge is -2.33. The Morgan fingerprint density at radius 3 is 2.89 bits per heavy atom. The van der Waals surface area contributed by atoms with Gasteiger partial charge in [0.25, 0.3) is 0 Å². The molecule has 2 aliphatic heterocycles. The fraction of sp³-hybridized carbons (Fsp3) is 1.00. The molecule has 106 valence electrons. The van der Waals surface area contributed by atoms with Crippen molar-refractivity contribution in [3.63, 3.8) is 0 Å². The Kier molecular flexibility index (Phi) is 5.46. The fourth-order valence-corrected chi connectivity index (χ4v) is 3.61. The average Bonchev–Trinajstić information content (AvgIpc) is 2.70. The lowest BCUT2D eigenvalue weighted by Crippen LogP contribution is -2.44. The fourth-order valence-electron chi connectivity index (χ4n) is 3.61. The van der Waals surface area contributed by atoms with E-state index in [1.165, 1.54) is 51.7 Å². The van der Waals surface area contributed by atoms with Crippen LogP contribution < -0.4 is 5.32 Å². The van der Waals surface area contributed by atoms with Crippen molar-refractivity contribution in [1.82, 2.24) is 10.2 Å². The molecule has 3 nitrogen and oxygen atoms in total. The first-order valence-corrected chi connectivity index (χ1v) is 7.73. The summed E-state index contributed by atoms with van der Waals surface area (Å²) < 4.78 is 5.66. The SMILES string of the molecule is CCC1CCCN(CC2(CNC)CCOC2)CC1. The first-order chi connectivity index (χ1) is 8.78. The molecule has 2 rings (SSSR count). The molecule has 2 heterocycles. The van der Waals surface area contributed by atoms with E-state index in [1.54, 1.807) is 0 Å². The number of hydrogen-bond acceptors (Lipinski definition) is 3. The van der Waals surface area contributed by atoms with Gasteiger partial charge in [-0.15, -0.1) is 0 Å². The topological polar surface area (TPSA) is 24.5 Å². The van der Waals surface area contributed by atoms with Gasteiger partial charge in [-0.05, 0) is 51.7 Å². The number of hydrogen-bond donors (Lipinski definition) is 1. The van der Waals surface area contributed by atoms with Gasteiger partial charge in [0.2, 0.25) is 0 Å². The van der Waals surface area contributed by atoms with E-state index >= 15 is 0 Å². The lowest BCUT2D eigenvalue weighted by molar-refractivity contribution is 0.110. The zero-order chi connectivity index (χ0) is 12.8. The van der Waals surface area contributed by atoms with Crippen LogP contribution in [0.25, 0.3) is 0 Å². The molecular formula is C15H30N2O. The summed E-state index contributed by atoms with van der Waals surface area (Å²) in [5.41, 5.74) is 0.376. The molecule has 0 amide bonds. The van der Waals surface area contributed by atoms with Gasteiger partial charge in [0, 0.05) is 25.1 Å². The zero-order valence-corrected chi connectivity index (χ0v) is 12.2. The van der Waals surface area contributed by atoms with Crippen LogP contribution in [0.5, 0.6) is 0 Å². The molecule has 0 aromatic carbocycles. The van der Waals surface area contributed by atoms with Gasteiger partial charge in [0.15, 0.2) is 0 Å². The van der Waals surface area contributed by atoms with Gasteiger partial charge in [-0.3, -0.25) is 0 Å². The van der Waals surface area contributed by atoms with E-state index in [2.05, 4.69) is 24.2 Å². The van der Waals surface area contributed by atoms with E-state index in [0.717, 1.165) is 25.7 Å². The quantitative estimate of drug-likeness (QED) is 0.813. The van der Waals surface area contributed by atoms with E-state index < -0.39 is 0 Å². The van der Waals surface area contributed by atoms with Crippen LogP contribution >= 0.6 is 0 Å². The Balaban J connectivity index is 1.87. The maximum absolute atomic E-state index is 5.66. The minimum Gasteiger partial charge on any atom is -0.381 e. The second-order valence-corrected chi connectivity index (χ2v) is 6.31. The molecule has 3 heteroatoms. The third-order valence-corrected chi connectivity index (χ3v) is 4.81. The molecule has 0 aliphatic carbocycles. The van der Waals surface area contributed by atoms with E-state index in [-0.39, 0.29) is 0 Å². The summed E-state index contributed by atoms with van der Waals surface area (Å²) in [5.74, 6) is 0.968. The third-order valence-electron chi connectivity index (χ3n) is 4.81.